The maximum atomic E-state index is 11.1. The molecule has 114 valence electrons. The number of carbonyl (C=O) groups excluding carboxylic acids is 1. The molecule has 5 nitrogen and oxygen atoms in total. The Hall–Kier alpha value is -1.46. The van der Waals surface area contributed by atoms with Crippen LogP contribution < -0.4 is 15.2 Å². The van der Waals surface area contributed by atoms with E-state index in [1.165, 1.54) is 7.11 Å². The lowest BCUT2D eigenvalue weighted by atomic mass is 10.00. The summed E-state index contributed by atoms with van der Waals surface area (Å²) in [6.45, 7) is 0. The normalized spacial score (nSPS) is 11.2. The molecule has 1 unspecified atom stereocenters. The number of nitrogens with two attached hydrogens (primary N) is 1. The predicted molar refractivity (Wildman–Crippen MR) is 79.6 cm³/mol. The van der Waals surface area contributed by atoms with E-state index in [1.54, 1.807) is 14.2 Å². The second-order valence-electron chi connectivity index (χ2n) is 4.15. The highest BCUT2D eigenvalue weighted by Crippen LogP contribution is 2.34. The summed E-state index contributed by atoms with van der Waals surface area (Å²) in [5.41, 5.74) is 6.99. The van der Waals surface area contributed by atoms with E-state index in [-0.39, 0.29) is 24.4 Å². The molecule has 0 fully saturated rings. The van der Waals surface area contributed by atoms with Crippen LogP contribution in [-0.2, 0) is 9.53 Å². The van der Waals surface area contributed by atoms with Crippen molar-refractivity contribution in [2.45, 2.75) is 25.3 Å². The zero-order valence-electron chi connectivity index (χ0n) is 12.0. The van der Waals surface area contributed by atoms with Gasteiger partial charge in [-0.2, -0.15) is 0 Å². The van der Waals surface area contributed by atoms with Gasteiger partial charge in [0.2, 0.25) is 0 Å². The first kappa shape index (κ1) is 18.5. The Bertz CT molecular complexity index is 403. The van der Waals surface area contributed by atoms with Crippen molar-refractivity contribution in [3.8, 4) is 11.5 Å². The molecular formula is C14H22ClNO4. The van der Waals surface area contributed by atoms with Gasteiger partial charge in [0.1, 0.15) is 11.5 Å². The van der Waals surface area contributed by atoms with Crippen LogP contribution in [0, 0.1) is 0 Å². The summed E-state index contributed by atoms with van der Waals surface area (Å²) < 4.78 is 15.2. The molecule has 2 N–H and O–H groups in total. The van der Waals surface area contributed by atoms with Crippen LogP contribution in [0.4, 0.5) is 0 Å². The fourth-order valence-electron chi connectivity index (χ4n) is 1.96. The molecule has 1 atom stereocenters. The minimum absolute atomic E-state index is 0. The van der Waals surface area contributed by atoms with Gasteiger partial charge in [0.05, 0.1) is 26.9 Å². The second kappa shape index (κ2) is 9.44. The van der Waals surface area contributed by atoms with Gasteiger partial charge in [0, 0.05) is 12.5 Å². The van der Waals surface area contributed by atoms with E-state index in [9.17, 15) is 4.79 Å². The average Bonchev–Trinajstić information content (AvgIpc) is 2.45. The zero-order chi connectivity index (χ0) is 14.3. The van der Waals surface area contributed by atoms with E-state index in [1.807, 2.05) is 18.2 Å². The number of benzene rings is 1. The van der Waals surface area contributed by atoms with E-state index in [0.717, 1.165) is 5.56 Å². The van der Waals surface area contributed by atoms with Crippen molar-refractivity contribution >= 4 is 18.4 Å². The smallest absolute Gasteiger partial charge is 0.305 e. The molecule has 0 aliphatic heterocycles. The molecule has 0 amide bonds. The monoisotopic (exact) mass is 303 g/mol. The number of esters is 1. The lowest BCUT2D eigenvalue weighted by molar-refractivity contribution is -0.140. The lowest BCUT2D eigenvalue weighted by Gasteiger charge is -2.18. The van der Waals surface area contributed by atoms with Crippen LogP contribution in [-0.4, -0.2) is 27.3 Å². The van der Waals surface area contributed by atoms with Crippen LogP contribution in [0.1, 0.15) is 30.9 Å². The Morgan fingerprint density at radius 2 is 1.75 bits per heavy atom. The zero-order valence-corrected chi connectivity index (χ0v) is 12.9. The van der Waals surface area contributed by atoms with Crippen molar-refractivity contribution in [3.63, 3.8) is 0 Å². The van der Waals surface area contributed by atoms with Gasteiger partial charge in [-0.15, -0.1) is 12.4 Å². The molecule has 6 heteroatoms. The molecule has 1 aromatic rings. The predicted octanol–water partition coefficient (Wildman–Crippen LogP) is 2.47. The molecule has 0 aliphatic rings. The first-order chi connectivity index (χ1) is 9.13. The minimum atomic E-state index is -0.240. The number of hydrogen-bond donors (Lipinski definition) is 1. The highest BCUT2D eigenvalue weighted by Gasteiger charge is 2.17. The van der Waals surface area contributed by atoms with Gasteiger partial charge < -0.3 is 19.9 Å². The Morgan fingerprint density at radius 1 is 1.20 bits per heavy atom. The molecule has 1 aromatic carbocycles. The summed E-state index contributed by atoms with van der Waals surface area (Å²) in [5.74, 6) is 1.18. The van der Waals surface area contributed by atoms with Crippen LogP contribution in [0.2, 0.25) is 0 Å². The van der Waals surface area contributed by atoms with E-state index in [2.05, 4.69) is 4.74 Å². The van der Waals surface area contributed by atoms with Gasteiger partial charge in [-0.1, -0.05) is 6.07 Å². The fraction of sp³-hybridized carbons (Fsp3) is 0.500. The second-order valence-corrected chi connectivity index (χ2v) is 4.15. The van der Waals surface area contributed by atoms with Crippen LogP contribution >= 0.6 is 12.4 Å². The van der Waals surface area contributed by atoms with E-state index >= 15 is 0 Å². The maximum Gasteiger partial charge on any atom is 0.305 e. The maximum absolute atomic E-state index is 11.1. The average molecular weight is 304 g/mol. The van der Waals surface area contributed by atoms with Gasteiger partial charge >= 0.3 is 5.97 Å². The highest BCUT2D eigenvalue weighted by molar-refractivity contribution is 5.85. The molecule has 1 rings (SSSR count). The molecule has 0 bridgehead atoms. The van der Waals surface area contributed by atoms with Gasteiger partial charge in [-0.3, -0.25) is 4.79 Å². The lowest BCUT2D eigenvalue weighted by Crippen LogP contribution is -2.14. The summed E-state index contributed by atoms with van der Waals surface area (Å²) in [6, 6.07) is 5.30. The molecular weight excluding hydrogens is 282 g/mol. The largest absolute Gasteiger partial charge is 0.496 e. The van der Waals surface area contributed by atoms with Gasteiger partial charge in [0.25, 0.3) is 0 Å². The summed E-state index contributed by atoms with van der Waals surface area (Å²) >= 11 is 0. The SMILES string of the molecule is COC(=O)CCCC(N)c1c(OC)cccc1OC.Cl. The van der Waals surface area contributed by atoms with Crippen LogP contribution in [0.25, 0.3) is 0 Å². The third kappa shape index (κ3) is 4.90. The van der Waals surface area contributed by atoms with E-state index in [0.29, 0.717) is 30.8 Å². The van der Waals surface area contributed by atoms with E-state index in [4.69, 9.17) is 15.2 Å². The topological polar surface area (TPSA) is 70.8 Å². The fourth-order valence-corrected chi connectivity index (χ4v) is 1.96. The molecule has 0 heterocycles. The van der Waals surface area contributed by atoms with Crippen molar-refractivity contribution in [2.24, 2.45) is 5.73 Å². The minimum Gasteiger partial charge on any atom is -0.496 e. The number of halogens is 1. The van der Waals surface area contributed by atoms with Crippen molar-refractivity contribution in [1.29, 1.82) is 0 Å². The summed E-state index contributed by atoms with van der Waals surface area (Å²) in [4.78, 5) is 11.1. The third-order valence-corrected chi connectivity index (χ3v) is 2.96. The van der Waals surface area contributed by atoms with Crippen LogP contribution in [0.3, 0.4) is 0 Å². The Morgan fingerprint density at radius 3 is 2.20 bits per heavy atom. The Labute approximate surface area is 125 Å². The van der Waals surface area contributed by atoms with Crippen molar-refractivity contribution in [2.75, 3.05) is 21.3 Å². The quantitative estimate of drug-likeness (QED) is 0.784. The Kier molecular flexibility index (Phi) is 8.76. The van der Waals surface area contributed by atoms with Gasteiger partial charge in [-0.05, 0) is 25.0 Å². The van der Waals surface area contributed by atoms with Crippen molar-refractivity contribution < 1.29 is 19.0 Å². The van der Waals surface area contributed by atoms with Crippen LogP contribution in [0.15, 0.2) is 18.2 Å². The van der Waals surface area contributed by atoms with Crippen LogP contribution in [0.5, 0.6) is 11.5 Å². The number of carbonyl (C=O) groups is 1. The van der Waals surface area contributed by atoms with E-state index < -0.39 is 0 Å². The summed E-state index contributed by atoms with van der Waals surface area (Å²) in [7, 11) is 4.57. The molecule has 0 aliphatic carbocycles. The van der Waals surface area contributed by atoms with Gasteiger partial charge in [0.15, 0.2) is 0 Å². The number of hydrogen-bond acceptors (Lipinski definition) is 5. The number of ether oxygens (including phenoxy) is 3. The highest BCUT2D eigenvalue weighted by atomic mass is 35.5. The summed E-state index contributed by atoms with van der Waals surface area (Å²) in [6.07, 6.45) is 1.68. The first-order valence-corrected chi connectivity index (χ1v) is 6.17. The van der Waals surface area contributed by atoms with Crippen molar-refractivity contribution in [3.05, 3.63) is 23.8 Å². The molecule has 0 saturated carbocycles. The molecule has 0 aromatic heterocycles. The van der Waals surface area contributed by atoms with Gasteiger partial charge in [-0.25, -0.2) is 0 Å². The standard InChI is InChI=1S/C14H21NO4.ClH/c1-17-11-7-5-8-12(18-2)14(11)10(15)6-4-9-13(16)19-3;/h5,7-8,10H,4,6,9,15H2,1-3H3;1H. The number of rotatable bonds is 7. The third-order valence-electron chi connectivity index (χ3n) is 2.96. The molecule has 0 radical (unpaired) electrons. The molecule has 0 spiro atoms. The molecule has 20 heavy (non-hydrogen) atoms. The van der Waals surface area contributed by atoms with Crippen molar-refractivity contribution in [1.82, 2.24) is 0 Å². The first-order valence-electron chi connectivity index (χ1n) is 6.17. The molecule has 0 saturated heterocycles. The number of methoxy groups -OCH3 is 3. The Balaban J connectivity index is 0.00000361. The summed E-state index contributed by atoms with van der Waals surface area (Å²) in [5, 5.41) is 0.